The van der Waals surface area contributed by atoms with Crippen LogP contribution in [0.3, 0.4) is 0 Å². The first-order valence-electron chi connectivity index (χ1n) is 8.17. The standard InChI is InChI=1S/C16H19N5O5S/c17-27(24,25)15-10-13(21(22)23)1-2-14(15)19-11-12-3-4-18-16(9-12)20-5-7-26-8-6-20/h1-4,9-10,19H,5-8,11H2,(H2,17,24,25). The van der Waals surface area contributed by atoms with Gasteiger partial charge in [0.15, 0.2) is 0 Å². The van der Waals surface area contributed by atoms with Gasteiger partial charge in [-0.3, -0.25) is 10.1 Å². The predicted molar refractivity (Wildman–Crippen MR) is 99.1 cm³/mol. The molecular formula is C16H19N5O5S. The molecule has 3 rings (SSSR count). The van der Waals surface area contributed by atoms with Crippen LogP contribution in [0, 0.1) is 10.1 Å². The Bertz CT molecular complexity index is 944. The molecular weight excluding hydrogens is 374 g/mol. The van der Waals surface area contributed by atoms with E-state index in [2.05, 4.69) is 15.2 Å². The lowest BCUT2D eigenvalue weighted by Crippen LogP contribution is -2.36. The first-order valence-corrected chi connectivity index (χ1v) is 9.72. The highest BCUT2D eigenvalue weighted by molar-refractivity contribution is 7.89. The molecule has 1 aliphatic heterocycles. The highest BCUT2D eigenvalue weighted by Gasteiger charge is 2.19. The first kappa shape index (κ1) is 19.0. The number of sulfonamides is 1. The lowest BCUT2D eigenvalue weighted by molar-refractivity contribution is -0.385. The van der Waals surface area contributed by atoms with E-state index in [0.29, 0.717) is 19.8 Å². The van der Waals surface area contributed by atoms with Gasteiger partial charge >= 0.3 is 0 Å². The molecule has 0 bridgehead atoms. The Morgan fingerprint density at radius 1 is 1.26 bits per heavy atom. The maximum atomic E-state index is 11.8. The van der Waals surface area contributed by atoms with E-state index in [4.69, 9.17) is 9.88 Å². The van der Waals surface area contributed by atoms with Crippen LogP contribution in [-0.2, 0) is 21.3 Å². The fourth-order valence-electron chi connectivity index (χ4n) is 2.74. The number of pyridine rings is 1. The van der Waals surface area contributed by atoms with Crippen LogP contribution in [0.1, 0.15) is 5.56 Å². The molecule has 0 unspecified atom stereocenters. The predicted octanol–water partition coefficient (Wildman–Crippen LogP) is 1.09. The molecule has 2 heterocycles. The molecule has 1 aromatic carbocycles. The number of hydrogen-bond donors (Lipinski definition) is 2. The van der Waals surface area contributed by atoms with Crippen molar-refractivity contribution >= 4 is 27.2 Å². The SMILES string of the molecule is NS(=O)(=O)c1cc([N+](=O)[O-])ccc1NCc1ccnc(N2CCOCC2)c1. The summed E-state index contributed by atoms with van der Waals surface area (Å²) in [5.74, 6) is 0.813. The number of rotatable bonds is 6. The molecule has 10 nitrogen and oxygen atoms in total. The Kier molecular flexibility index (Phi) is 5.54. The fourth-order valence-corrected chi connectivity index (χ4v) is 3.47. The van der Waals surface area contributed by atoms with Gasteiger partial charge in [0.2, 0.25) is 10.0 Å². The third-order valence-corrected chi connectivity index (χ3v) is 5.06. The highest BCUT2D eigenvalue weighted by Crippen LogP contribution is 2.26. The zero-order valence-corrected chi connectivity index (χ0v) is 15.2. The molecule has 1 aliphatic rings. The molecule has 27 heavy (non-hydrogen) atoms. The average molecular weight is 393 g/mol. The van der Waals surface area contributed by atoms with Crippen molar-refractivity contribution < 1.29 is 18.1 Å². The van der Waals surface area contributed by atoms with Crippen LogP contribution in [0.25, 0.3) is 0 Å². The molecule has 0 spiro atoms. The third-order valence-electron chi connectivity index (χ3n) is 4.11. The topological polar surface area (TPSA) is 141 Å². The lowest BCUT2D eigenvalue weighted by atomic mass is 10.2. The minimum atomic E-state index is -4.12. The van der Waals surface area contributed by atoms with Gasteiger partial charge in [0, 0.05) is 38.0 Å². The number of anilines is 2. The van der Waals surface area contributed by atoms with Crippen LogP contribution in [0.2, 0.25) is 0 Å². The second-order valence-corrected chi connectivity index (χ2v) is 7.49. The number of nitro groups is 1. The Balaban J connectivity index is 1.79. The van der Waals surface area contributed by atoms with Gasteiger partial charge in [-0.25, -0.2) is 18.5 Å². The van der Waals surface area contributed by atoms with Gasteiger partial charge in [-0.05, 0) is 23.8 Å². The van der Waals surface area contributed by atoms with Crippen molar-refractivity contribution in [2.45, 2.75) is 11.4 Å². The minimum Gasteiger partial charge on any atom is -0.380 e. The molecule has 3 N–H and O–H groups in total. The van der Waals surface area contributed by atoms with Crippen molar-refractivity contribution in [2.75, 3.05) is 36.5 Å². The van der Waals surface area contributed by atoms with Crippen LogP contribution in [0.4, 0.5) is 17.2 Å². The molecule has 144 valence electrons. The summed E-state index contributed by atoms with van der Waals surface area (Å²) in [7, 11) is -4.12. The number of morpholine rings is 1. The lowest BCUT2D eigenvalue weighted by Gasteiger charge is -2.28. The Morgan fingerprint density at radius 2 is 2.00 bits per heavy atom. The van der Waals surface area contributed by atoms with E-state index < -0.39 is 14.9 Å². The summed E-state index contributed by atoms with van der Waals surface area (Å²) in [4.78, 5) is 16.4. The normalized spacial score (nSPS) is 14.8. The van der Waals surface area contributed by atoms with Gasteiger partial charge in [-0.15, -0.1) is 0 Å². The van der Waals surface area contributed by atoms with E-state index in [1.165, 1.54) is 12.1 Å². The van der Waals surface area contributed by atoms with Crippen LogP contribution in [0.15, 0.2) is 41.4 Å². The van der Waals surface area contributed by atoms with Crippen molar-refractivity contribution in [2.24, 2.45) is 5.14 Å². The maximum absolute atomic E-state index is 11.8. The van der Waals surface area contributed by atoms with E-state index in [9.17, 15) is 18.5 Å². The molecule has 1 saturated heterocycles. The van der Waals surface area contributed by atoms with E-state index in [1.807, 2.05) is 6.07 Å². The maximum Gasteiger partial charge on any atom is 0.270 e. The number of primary sulfonamides is 1. The van der Waals surface area contributed by atoms with E-state index in [1.54, 1.807) is 12.3 Å². The average Bonchev–Trinajstić information content (AvgIpc) is 2.66. The second-order valence-electron chi connectivity index (χ2n) is 5.96. The number of hydrogen-bond acceptors (Lipinski definition) is 8. The number of nitro benzene ring substituents is 1. The monoisotopic (exact) mass is 393 g/mol. The molecule has 0 saturated carbocycles. The molecule has 0 radical (unpaired) electrons. The quantitative estimate of drug-likeness (QED) is 0.549. The molecule has 1 aromatic heterocycles. The zero-order valence-electron chi connectivity index (χ0n) is 14.4. The van der Waals surface area contributed by atoms with E-state index in [-0.39, 0.29) is 16.3 Å². The Morgan fingerprint density at radius 3 is 2.67 bits per heavy atom. The number of ether oxygens (including phenoxy) is 1. The largest absolute Gasteiger partial charge is 0.380 e. The summed E-state index contributed by atoms with van der Waals surface area (Å²) < 4.78 is 28.9. The fraction of sp³-hybridized carbons (Fsp3) is 0.312. The summed E-state index contributed by atoms with van der Waals surface area (Å²) in [6.07, 6.45) is 1.68. The third kappa shape index (κ3) is 4.70. The van der Waals surface area contributed by atoms with E-state index >= 15 is 0 Å². The van der Waals surface area contributed by atoms with Gasteiger partial charge in [0.25, 0.3) is 5.69 Å². The zero-order chi connectivity index (χ0) is 19.4. The Labute approximate surface area is 156 Å². The van der Waals surface area contributed by atoms with Crippen LogP contribution < -0.4 is 15.4 Å². The molecule has 0 amide bonds. The van der Waals surface area contributed by atoms with Crippen molar-refractivity contribution in [3.63, 3.8) is 0 Å². The number of benzene rings is 1. The van der Waals surface area contributed by atoms with Gasteiger partial charge in [-0.2, -0.15) is 0 Å². The summed E-state index contributed by atoms with van der Waals surface area (Å²) in [6.45, 7) is 3.10. The molecule has 11 heteroatoms. The second kappa shape index (κ2) is 7.86. The molecule has 2 aromatic rings. The molecule has 0 atom stereocenters. The number of nitrogens with two attached hydrogens (primary N) is 1. The van der Waals surface area contributed by atoms with Crippen molar-refractivity contribution in [1.82, 2.24) is 4.98 Å². The number of nitrogens with one attached hydrogen (secondary N) is 1. The molecule has 1 fully saturated rings. The summed E-state index contributed by atoms with van der Waals surface area (Å²) in [5.41, 5.74) is 0.737. The first-order chi connectivity index (χ1) is 12.8. The number of aromatic nitrogens is 1. The van der Waals surface area contributed by atoms with Gasteiger partial charge in [-0.1, -0.05) is 0 Å². The Hall–Kier alpha value is -2.76. The minimum absolute atomic E-state index is 0.202. The van der Waals surface area contributed by atoms with Gasteiger partial charge < -0.3 is 15.0 Å². The smallest absolute Gasteiger partial charge is 0.270 e. The summed E-state index contributed by atoms with van der Waals surface area (Å²) in [5, 5.41) is 19.1. The van der Waals surface area contributed by atoms with Crippen molar-refractivity contribution in [3.8, 4) is 0 Å². The number of non-ortho nitro benzene ring substituents is 1. The summed E-state index contributed by atoms with van der Waals surface area (Å²) >= 11 is 0. The van der Waals surface area contributed by atoms with Crippen LogP contribution in [0.5, 0.6) is 0 Å². The van der Waals surface area contributed by atoms with Crippen molar-refractivity contribution in [3.05, 3.63) is 52.2 Å². The van der Waals surface area contributed by atoms with Gasteiger partial charge in [0.1, 0.15) is 10.7 Å². The molecule has 0 aliphatic carbocycles. The van der Waals surface area contributed by atoms with Gasteiger partial charge in [0.05, 0.1) is 23.8 Å². The van der Waals surface area contributed by atoms with Crippen LogP contribution >= 0.6 is 0 Å². The number of nitrogens with zero attached hydrogens (tertiary/aromatic N) is 3. The van der Waals surface area contributed by atoms with Crippen molar-refractivity contribution in [1.29, 1.82) is 0 Å². The highest BCUT2D eigenvalue weighted by atomic mass is 32.2. The van der Waals surface area contributed by atoms with E-state index in [0.717, 1.165) is 30.5 Å². The van der Waals surface area contributed by atoms with Crippen LogP contribution in [-0.4, -0.2) is 44.6 Å². The summed E-state index contributed by atoms with van der Waals surface area (Å²) in [6, 6.07) is 7.22.